The smallest absolute Gasteiger partial charge is 0.240 e. The van der Waals surface area contributed by atoms with Crippen molar-refractivity contribution < 1.29 is 13.2 Å². The minimum Gasteiger partial charge on any atom is -0.314 e. The summed E-state index contributed by atoms with van der Waals surface area (Å²) in [6.45, 7) is 3.14. The van der Waals surface area contributed by atoms with Gasteiger partial charge in [0.15, 0.2) is 9.84 Å². The van der Waals surface area contributed by atoms with E-state index in [1.165, 1.54) is 0 Å². The highest BCUT2D eigenvalue weighted by molar-refractivity contribution is 7.91. The van der Waals surface area contributed by atoms with E-state index < -0.39 is 9.84 Å². The number of hydrogen-bond donors (Lipinski definition) is 0. The quantitative estimate of drug-likeness (QED) is 0.762. The number of benzene rings is 1. The van der Waals surface area contributed by atoms with Crippen LogP contribution in [0.3, 0.4) is 0 Å². The maximum atomic E-state index is 12.6. The molecule has 0 N–H and O–H groups in total. The Morgan fingerprint density at radius 3 is 2.52 bits per heavy atom. The second-order valence-corrected chi connectivity index (χ2v) is 8.40. The van der Waals surface area contributed by atoms with Crippen molar-refractivity contribution in [2.75, 3.05) is 36.5 Å². The van der Waals surface area contributed by atoms with Crippen molar-refractivity contribution in [3.05, 3.63) is 30.3 Å². The molecule has 1 atom stereocenters. The maximum absolute atomic E-state index is 12.6. The monoisotopic (exact) mass is 338 g/mol. The van der Waals surface area contributed by atoms with Gasteiger partial charge in [-0.15, -0.1) is 0 Å². The van der Waals surface area contributed by atoms with Gasteiger partial charge in [-0.2, -0.15) is 0 Å². The molecule has 1 saturated heterocycles. The van der Waals surface area contributed by atoms with E-state index in [4.69, 9.17) is 0 Å². The Kier molecular flexibility index (Phi) is 6.18. The number of rotatable bonds is 7. The molecular weight excluding hydrogens is 312 g/mol. The normalized spacial score (nSPS) is 19.9. The highest BCUT2D eigenvalue weighted by Crippen LogP contribution is 2.19. The highest BCUT2D eigenvalue weighted by Gasteiger charge is 2.33. The van der Waals surface area contributed by atoms with Gasteiger partial charge in [-0.1, -0.05) is 31.5 Å². The molecule has 0 aromatic heterocycles. The minimum absolute atomic E-state index is 0.00315. The molecule has 0 bridgehead atoms. The van der Waals surface area contributed by atoms with Crippen molar-refractivity contribution in [3.63, 3.8) is 0 Å². The molecule has 128 valence electrons. The second-order valence-electron chi connectivity index (χ2n) is 6.17. The van der Waals surface area contributed by atoms with E-state index in [0.717, 1.165) is 25.1 Å². The van der Waals surface area contributed by atoms with Crippen LogP contribution in [0.1, 0.15) is 26.2 Å². The number of amides is 1. The summed E-state index contributed by atoms with van der Waals surface area (Å²) in [6.07, 6.45) is 2.63. The van der Waals surface area contributed by atoms with Crippen LogP contribution in [0.15, 0.2) is 30.3 Å². The number of hydrogen-bond acceptors (Lipinski definition) is 4. The maximum Gasteiger partial charge on any atom is 0.240 e. The van der Waals surface area contributed by atoms with Gasteiger partial charge in [0.2, 0.25) is 5.91 Å². The zero-order valence-corrected chi connectivity index (χ0v) is 14.8. The van der Waals surface area contributed by atoms with Crippen LogP contribution in [0.5, 0.6) is 0 Å². The van der Waals surface area contributed by atoms with E-state index in [0.29, 0.717) is 6.42 Å². The molecule has 0 aliphatic carbocycles. The van der Waals surface area contributed by atoms with Gasteiger partial charge in [0.25, 0.3) is 0 Å². The number of unbranched alkanes of at least 4 members (excludes halogenated alkanes) is 1. The highest BCUT2D eigenvalue weighted by atomic mass is 32.2. The summed E-state index contributed by atoms with van der Waals surface area (Å²) in [5.41, 5.74) is 0.854. The van der Waals surface area contributed by atoms with Crippen LogP contribution in [-0.4, -0.2) is 56.9 Å². The first kappa shape index (κ1) is 17.9. The Bertz CT molecular complexity index is 616. The molecule has 1 aliphatic heterocycles. The van der Waals surface area contributed by atoms with Crippen molar-refractivity contribution >= 4 is 21.4 Å². The van der Waals surface area contributed by atoms with Gasteiger partial charge < -0.3 is 4.90 Å². The lowest BCUT2D eigenvalue weighted by molar-refractivity contribution is -0.119. The fraction of sp³-hybridized carbons (Fsp3) is 0.588. The molecule has 1 aliphatic rings. The SMILES string of the molecule is CCCCN(CC(=O)N(C)c1ccccc1)[C@H]1CCS(=O)(=O)C1. The summed E-state index contributed by atoms with van der Waals surface area (Å²) in [5, 5.41) is 0. The summed E-state index contributed by atoms with van der Waals surface area (Å²) >= 11 is 0. The second kappa shape index (κ2) is 7.93. The van der Waals surface area contributed by atoms with Crippen LogP contribution in [0, 0.1) is 0 Å². The molecular formula is C17H26N2O3S. The first-order valence-electron chi connectivity index (χ1n) is 8.19. The average Bonchev–Trinajstić information content (AvgIpc) is 2.91. The Morgan fingerprint density at radius 2 is 1.96 bits per heavy atom. The van der Waals surface area contributed by atoms with Crippen molar-refractivity contribution in [1.29, 1.82) is 0 Å². The van der Waals surface area contributed by atoms with E-state index in [9.17, 15) is 13.2 Å². The zero-order chi connectivity index (χ0) is 16.9. The first-order chi connectivity index (χ1) is 10.9. The topological polar surface area (TPSA) is 57.7 Å². The number of carbonyl (C=O) groups is 1. The van der Waals surface area contributed by atoms with E-state index in [1.807, 2.05) is 30.3 Å². The third-order valence-corrected chi connectivity index (χ3v) is 6.13. The van der Waals surface area contributed by atoms with Gasteiger partial charge in [-0.3, -0.25) is 9.69 Å². The Hall–Kier alpha value is -1.40. The molecule has 5 nitrogen and oxygen atoms in total. The molecule has 1 heterocycles. The summed E-state index contributed by atoms with van der Waals surface area (Å²) in [5.74, 6) is 0.416. The Balaban J connectivity index is 2.03. The molecule has 1 fully saturated rings. The zero-order valence-electron chi connectivity index (χ0n) is 13.9. The summed E-state index contributed by atoms with van der Waals surface area (Å²) in [7, 11) is -1.18. The predicted octanol–water partition coefficient (Wildman–Crippen LogP) is 1.94. The van der Waals surface area contributed by atoms with Crippen LogP contribution < -0.4 is 4.90 Å². The number of nitrogens with zero attached hydrogens (tertiary/aromatic N) is 2. The number of likely N-dealkylation sites (N-methyl/N-ethyl adjacent to an activating group) is 1. The Labute approximate surface area is 139 Å². The third-order valence-electron chi connectivity index (χ3n) is 4.38. The lowest BCUT2D eigenvalue weighted by atomic mass is 10.2. The molecule has 0 radical (unpaired) electrons. The van der Waals surface area contributed by atoms with Crippen molar-refractivity contribution in [1.82, 2.24) is 4.90 Å². The Morgan fingerprint density at radius 1 is 1.26 bits per heavy atom. The fourth-order valence-electron chi connectivity index (χ4n) is 2.89. The van der Waals surface area contributed by atoms with Gasteiger partial charge in [-0.05, 0) is 31.5 Å². The number of anilines is 1. The molecule has 2 rings (SSSR count). The minimum atomic E-state index is -2.94. The molecule has 1 amide bonds. The van der Waals surface area contributed by atoms with E-state index >= 15 is 0 Å². The molecule has 6 heteroatoms. The largest absolute Gasteiger partial charge is 0.314 e. The molecule has 0 saturated carbocycles. The van der Waals surface area contributed by atoms with Crippen molar-refractivity contribution in [2.24, 2.45) is 0 Å². The van der Waals surface area contributed by atoms with Crippen LogP contribution >= 0.6 is 0 Å². The van der Waals surface area contributed by atoms with Crippen molar-refractivity contribution in [3.8, 4) is 0 Å². The molecule has 0 spiro atoms. The average molecular weight is 338 g/mol. The van der Waals surface area contributed by atoms with Crippen molar-refractivity contribution in [2.45, 2.75) is 32.2 Å². The lowest BCUT2D eigenvalue weighted by Gasteiger charge is -2.29. The van der Waals surface area contributed by atoms with Gasteiger partial charge in [0, 0.05) is 18.8 Å². The standard InChI is InChI=1S/C17H26N2O3S/c1-3-4-11-19(16-10-12-23(21,22)14-16)13-17(20)18(2)15-8-6-5-7-9-15/h5-9,16H,3-4,10-14H2,1-2H3/t16-/m0/s1. The van der Waals surface area contributed by atoms with E-state index in [-0.39, 0.29) is 30.0 Å². The van der Waals surface area contributed by atoms with Gasteiger partial charge >= 0.3 is 0 Å². The number of carbonyl (C=O) groups excluding carboxylic acids is 1. The summed E-state index contributed by atoms with van der Waals surface area (Å²) in [6, 6.07) is 9.48. The van der Waals surface area contributed by atoms with Gasteiger partial charge in [0.1, 0.15) is 0 Å². The molecule has 0 unspecified atom stereocenters. The van der Waals surface area contributed by atoms with E-state index in [1.54, 1.807) is 11.9 Å². The number of para-hydroxylation sites is 1. The molecule has 1 aromatic carbocycles. The van der Waals surface area contributed by atoms with Gasteiger partial charge in [0.05, 0.1) is 18.1 Å². The lowest BCUT2D eigenvalue weighted by Crippen LogP contribution is -2.44. The fourth-order valence-corrected chi connectivity index (χ4v) is 4.65. The first-order valence-corrected chi connectivity index (χ1v) is 10.0. The predicted molar refractivity (Wildman–Crippen MR) is 93.4 cm³/mol. The third kappa shape index (κ3) is 5.04. The molecule has 23 heavy (non-hydrogen) atoms. The van der Waals surface area contributed by atoms with Crippen LogP contribution in [0.25, 0.3) is 0 Å². The van der Waals surface area contributed by atoms with Crippen LogP contribution in [0.2, 0.25) is 0 Å². The van der Waals surface area contributed by atoms with Gasteiger partial charge in [-0.25, -0.2) is 8.42 Å². The number of sulfone groups is 1. The van der Waals surface area contributed by atoms with E-state index in [2.05, 4.69) is 11.8 Å². The van der Waals surface area contributed by atoms with Crippen LogP contribution in [-0.2, 0) is 14.6 Å². The summed E-state index contributed by atoms with van der Waals surface area (Å²) in [4.78, 5) is 16.3. The molecule has 1 aromatic rings. The summed E-state index contributed by atoms with van der Waals surface area (Å²) < 4.78 is 23.5. The van der Waals surface area contributed by atoms with Crippen LogP contribution in [0.4, 0.5) is 5.69 Å².